The van der Waals surface area contributed by atoms with Crippen LogP contribution in [-0.4, -0.2) is 18.6 Å². The molecule has 0 radical (unpaired) electrons. The normalized spacial score (nSPS) is 10.8. The van der Waals surface area contributed by atoms with E-state index in [1.807, 2.05) is 23.9 Å². The number of nitrogens with one attached hydrogen (secondary N) is 1. The lowest BCUT2D eigenvalue weighted by molar-refractivity contribution is 0.618. The van der Waals surface area contributed by atoms with Crippen LogP contribution in [0.3, 0.4) is 0 Å². The molecule has 0 aromatic heterocycles. The first kappa shape index (κ1) is 15.4. The number of hydrogen-bond acceptors (Lipinski definition) is 2. The SMILES string of the molecule is CSCCCCCNCc1ccc(Cl)cc1Br. The van der Waals surface area contributed by atoms with E-state index in [0.717, 1.165) is 22.6 Å². The van der Waals surface area contributed by atoms with E-state index < -0.39 is 0 Å². The first-order valence-corrected chi connectivity index (χ1v) is 8.44. The molecule has 1 N–H and O–H groups in total. The van der Waals surface area contributed by atoms with E-state index >= 15 is 0 Å². The molecule has 0 atom stereocenters. The Morgan fingerprint density at radius 1 is 1.29 bits per heavy atom. The lowest BCUT2D eigenvalue weighted by Gasteiger charge is -2.07. The van der Waals surface area contributed by atoms with E-state index in [1.54, 1.807) is 0 Å². The van der Waals surface area contributed by atoms with Gasteiger partial charge in [0.1, 0.15) is 0 Å². The minimum atomic E-state index is 0.776. The van der Waals surface area contributed by atoms with Crippen molar-refractivity contribution in [2.24, 2.45) is 0 Å². The van der Waals surface area contributed by atoms with Gasteiger partial charge in [0.05, 0.1) is 0 Å². The summed E-state index contributed by atoms with van der Waals surface area (Å²) >= 11 is 11.3. The highest BCUT2D eigenvalue weighted by Gasteiger charge is 1.99. The summed E-state index contributed by atoms with van der Waals surface area (Å²) < 4.78 is 1.08. The molecule has 1 nitrogen and oxygen atoms in total. The van der Waals surface area contributed by atoms with Gasteiger partial charge in [-0.2, -0.15) is 11.8 Å². The van der Waals surface area contributed by atoms with Crippen LogP contribution in [-0.2, 0) is 6.54 Å². The first-order valence-electron chi connectivity index (χ1n) is 5.87. The second-order valence-electron chi connectivity index (χ2n) is 3.97. The zero-order chi connectivity index (χ0) is 12.5. The summed E-state index contributed by atoms with van der Waals surface area (Å²) in [6, 6.07) is 5.94. The van der Waals surface area contributed by atoms with Gasteiger partial charge in [0.2, 0.25) is 0 Å². The molecular weight excluding hydrogens is 318 g/mol. The van der Waals surface area contributed by atoms with Gasteiger partial charge < -0.3 is 5.32 Å². The van der Waals surface area contributed by atoms with Crippen molar-refractivity contribution in [2.75, 3.05) is 18.6 Å². The van der Waals surface area contributed by atoms with Gasteiger partial charge >= 0.3 is 0 Å². The zero-order valence-corrected chi connectivity index (χ0v) is 13.3. The second kappa shape index (κ2) is 9.26. The minimum absolute atomic E-state index is 0.776. The van der Waals surface area contributed by atoms with E-state index in [2.05, 4.69) is 33.6 Å². The van der Waals surface area contributed by atoms with E-state index in [4.69, 9.17) is 11.6 Å². The van der Waals surface area contributed by atoms with Crippen molar-refractivity contribution in [2.45, 2.75) is 25.8 Å². The van der Waals surface area contributed by atoms with Crippen LogP contribution in [0.25, 0.3) is 0 Å². The second-order valence-corrected chi connectivity index (χ2v) is 6.24. The molecule has 0 saturated heterocycles. The predicted octanol–water partition coefficient (Wildman–Crippen LogP) is 4.73. The summed E-state index contributed by atoms with van der Waals surface area (Å²) in [4.78, 5) is 0. The van der Waals surface area contributed by atoms with E-state index in [0.29, 0.717) is 0 Å². The molecule has 0 aliphatic heterocycles. The fourth-order valence-corrected chi connectivity index (χ4v) is 2.88. The van der Waals surface area contributed by atoms with Gasteiger partial charge in [-0.15, -0.1) is 0 Å². The third kappa shape index (κ3) is 6.70. The molecule has 0 unspecified atom stereocenters. The number of halogens is 2. The predicted molar refractivity (Wildman–Crippen MR) is 83.1 cm³/mol. The van der Waals surface area contributed by atoms with Gasteiger partial charge in [-0.25, -0.2) is 0 Å². The molecule has 0 aliphatic rings. The first-order chi connectivity index (χ1) is 8.24. The molecule has 0 spiro atoms. The van der Waals surface area contributed by atoms with Crippen LogP contribution >= 0.6 is 39.3 Å². The van der Waals surface area contributed by atoms with Crippen molar-refractivity contribution in [3.8, 4) is 0 Å². The van der Waals surface area contributed by atoms with Gasteiger partial charge in [0.15, 0.2) is 0 Å². The summed E-state index contributed by atoms with van der Waals surface area (Å²) in [6.45, 7) is 1.99. The maximum atomic E-state index is 5.90. The maximum Gasteiger partial charge on any atom is 0.0417 e. The molecule has 4 heteroatoms. The lowest BCUT2D eigenvalue weighted by atomic mass is 10.2. The highest BCUT2D eigenvalue weighted by atomic mass is 79.9. The average molecular weight is 337 g/mol. The van der Waals surface area contributed by atoms with Gasteiger partial charge in [-0.3, -0.25) is 0 Å². The molecule has 0 heterocycles. The fourth-order valence-electron chi connectivity index (χ4n) is 1.56. The summed E-state index contributed by atoms with van der Waals surface area (Å²) in [6.07, 6.45) is 6.06. The van der Waals surface area contributed by atoms with Crippen molar-refractivity contribution < 1.29 is 0 Å². The van der Waals surface area contributed by atoms with Crippen LogP contribution in [0.5, 0.6) is 0 Å². The Balaban J connectivity index is 2.14. The Labute approximate surface area is 122 Å². The molecule has 0 aliphatic carbocycles. The van der Waals surface area contributed by atoms with Crippen LogP contribution in [0.15, 0.2) is 22.7 Å². The van der Waals surface area contributed by atoms with E-state index in [1.165, 1.54) is 30.6 Å². The summed E-state index contributed by atoms with van der Waals surface area (Å²) in [5, 5.41) is 4.23. The Morgan fingerprint density at radius 2 is 2.12 bits per heavy atom. The van der Waals surface area contributed by atoms with Gasteiger partial charge in [0.25, 0.3) is 0 Å². The average Bonchev–Trinajstić information content (AvgIpc) is 2.30. The van der Waals surface area contributed by atoms with Gasteiger partial charge in [-0.05, 0) is 49.1 Å². The largest absolute Gasteiger partial charge is 0.313 e. The molecule has 1 aromatic rings. The van der Waals surface area contributed by atoms with Crippen molar-refractivity contribution in [1.29, 1.82) is 0 Å². The van der Waals surface area contributed by atoms with Crippen LogP contribution in [0, 0.1) is 0 Å². The van der Waals surface area contributed by atoms with Crippen molar-refractivity contribution in [1.82, 2.24) is 5.32 Å². The molecule has 0 fully saturated rings. The van der Waals surface area contributed by atoms with Gasteiger partial charge in [0, 0.05) is 16.0 Å². The molecule has 0 amide bonds. The Kier molecular flexibility index (Phi) is 8.36. The summed E-state index contributed by atoms with van der Waals surface area (Å²) in [7, 11) is 0. The minimum Gasteiger partial charge on any atom is -0.313 e. The lowest BCUT2D eigenvalue weighted by Crippen LogP contribution is -2.15. The smallest absolute Gasteiger partial charge is 0.0417 e. The van der Waals surface area contributed by atoms with E-state index in [9.17, 15) is 0 Å². The van der Waals surface area contributed by atoms with Crippen LogP contribution in [0.1, 0.15) is 24.8 Å². The Bertz CT molecular complexity index is 333. The third-order valence-corrected chi connectivity index (χ3v) is 4.20. The summed E-state index contributed by atoms with van der Waals surface area (Å²) in [5.74, 6) is 1.28. The Hall–Kier alpha value is 0.300. The quantitative estimate of drug-likeness (QED) is 0.689. The highest BCUT2D eigenvalue weighted by Crippen LogP contribution is 2.21. The van der Waals surface area contributed by atoms with E-state index in [-0.39, 0.29) is 0 Å². The van der Waals surface area contributed by atoms with Crippen LogP contribution < -0.4 is 5.32 Å². The monoisotopic (exact) mass is 335 g/mol. The Morgan fingerprint density at radius 3 is 2.82 bits per heavy atom. The molecular formula is C13H19BrClNS. The van der Waals surface area contributed by atoms with Crippen molar-refractivity contribution >= 4 is 39.3 Å². The van der Waals surface area contributed by atoms with Gasteiger partial charge in [-0.1, -0.05) is 40.0 Å². The molecule has 0 saturated carbocycles. The van der Waals surface area contributed by atoms with Crippen molar-refractivity contribution in [3.05, 3.63) is 33.3 Å². The molecule has 1 aromatic carbocycles. The molecule has 1 rings (SSSR count). The zero-order valence-electron chi connectivity index (χ0n) is 10.1. The fraction of sp³-hybridized carbons (Fsp3) is 0.538. The topological polar surface area (TPSA) is 12.0 Å². The molecule has 0 bridgehead atoms. The van der Waals surface area contributed by atoms with Crippen LogP contribution in [0.2, 0.25) is 5.02 Å². The molecule has 96 valence electrons. The summed E-state index contributed by atoms with van der Waals surface area (Å²) in [5.41, 5.74) is 1.26. The van der Waals surface area contributed by atoms with Crippen LogP contribution in [0.4, 0.5) is 0 Å². The third-order valence-electron chi connectivity index (χ3n) is 2.53. The highest BCUT2D eigenvalue weighted by molar-refractivity contribution is 9.10. The number of unbranched alkanes of at least 4 members (excludes halogenated alkanes) is 2. The number of hydrogen-bond donors (Lipinski definition) is 1. The maximum absolute atomic E-state index is 5.90. The number of thioether (sulfide) groups is 1. The van der Waals surface area contributed by atoms with Crippen molar-refractivity contribution in [3.63, 3.8) is 0 Å². The number of benzene rings is 1. The standard InChI is InChI=1S/C13H19BrClNS/c1-17-8-4-2-3-7-16-10-11-5-6-12(15)9-13(11)14/h5-6,9,16H,2-4,7-8,10H2,1H3. The number of rotatable bonds is 8. The molecule has 17 heavy (non-hydrogen) atoms.